The molecule has 0 saturated heterocycles. The van der Waals surface area contributed by atoms with Gasteiger partial charge >= 0.3 is 0 Å². The van der Waals surface area contributed by atoms with Gasteiger partial charge in [0, 0.05) is 16.8 Å². The van der Waals surface area contributed by atoms with Gasteiger partial charge in [0.25, 0.3) is 5.91 Å². The molecule has 1 heterocycles. The van der Waals surface area contributed by atoms with E-state index in [0.29, 0.717) is 11.3 Å². The number of benzene rings is 1. The standard InChI is InChI=1S/C10H12N2O/c1-10(2)8-6(9(13)12-10)4-3-5-7(8)11/h3-5H,11H2,1-2H3,(H,12,13). The van der Waals surface area contributed by atoms with Crippen LogP contribution in [0.4, 0.5) is 5.69 Å². The van der Waals surface area contributed by atoms with Gasteiger partial charge in [0.1, 0.15) is 0 Å². The number of nitrogens with two attached hydrogens (primary N) is 1. The van der Waals surface area contributed by atoms with Gasteiger partial charge in [0.05, 0.1) is 5.54 Å². The summed E-state index contributed by atoms with van der Waals surface area (Å²) < 4.78 is 0. The van der Waals surface area contributed by atoms with E-state index >= 15 is 0 Å². The normalized spacial score (nSPS) is 18.2. The van der Waals surface area contributed by atoms with E-state index in [1.54, 1.807) is 12.1 Å². The second-order valence-corrected chi connectivity index (χ2v) is 3.85. The monoisotopic (exact) mass is 176 g/mol. The van der Waals surface area contributed by atoms with Crippen molar-refractivity contribution in [3.05, 3.63) is 29.3 Å². The zero-order valence-electron chi connectivity index (χ0n) is 7.72. The third-order valence-electron chi connectivity index (χ3n) is 2.39. The zero-order valence-corrected chi connectivity index (χ0v) is 7.72. The summed E-state index contributed by atoms with van der Waals surface area (Å²) in [6, 6.07) is 5.42. The van der Waals surface area contributed by atoms with E-state index in [0.717, 1.165) is 5.56 Å². The second-order valence-electron chi connectivity index (χ2n) is 3.85. The summed E-state index contributed by atoms with van der Waals surface area (Å²) in [6.07, 6.45) is 0. The van der Waals surface area contributed by atoms with Gasteiger partial charge in [0.2, 0.25) is 0 Å². The predicted molar refractivity (Wildman–Crippen MR) is 51.3 cm³/mol. The van der Waals surface area contributed by atoms with E-state index < -0.39 is 0 Å². The Morgan fingerprint density at radius 3 is 2.69 bits per heavy atom. The lowest BCUT2D eigenvalue weighted by atomic mass is 9.93. The fourth-order valence-electron chi connectivity index (χ4n) is 1.87. The smallest absolute Gasteiger partial charge is 0.252 e. The molecule has 0 aliphatic carbocycles. The summed E-state index contributed by atoms with van der Waals surface area (Å²) in [6.45, 7) is 3.90. The van der Waals surface area contributed by atoms with Gasteiger partial charge in [-0.1, -0.05) is 6.07 Å². The first-order chi connectivity index (χ1) is 6.02. The van der Waals surface area contributed by atoms with E-state index in [-0.39, 0.29) is 11.4 Å². The van der Waals surface area contributed by atoms with Crippen molar-refractivity contribution >= 4 is 11.6 Å². The first kappa shape index (κ1) is 8.10. The van der Waals surface area contributed by atoms with Crippen molar-refractivity contribution in [1.82, 2.24) is 5.32 Å². The molecule has 0 unspecified atom stereocenters. The molecule has 0 spiro atoms. The molecule has 0 aromatic heterocycles. The molecule has 1 aromatic carbocycles. The van der Waals surface area contributed by atoms with Gasteiger partial charge < -0.3 is 11.1 Å². The van der Waals surface area contributed by atoms with Crippen LogP contribution in [-0.4, -0.2) is 5.91 Å². The molecular weight excluding hydrogens is 164 g/mol. The van der Waals surface area contributed by atoms with E-state index in [1.165, 1.54) is 0 Å². The van der Waals surface area contributed by atoms with Crippen LogP contribution in [0, 0.1) is 0 Å². The van der Waals surface area contributed by atoms with Crippen molar-refractivity contribution < 1.29 is 4.79 Å². The fourth-order valence-corrected chi connectivity index (χ4v) is 1.87. The maximum Gasteiger partial charge on any atom is 0.252 e. The molecule has 2 rings (SSSR count). The van der Waals surface area contributed by atoms with Crippen LogP contribution in [0.15, 0.2) is 18.2 Å². The quantitative estimate of drug-likeness (QED) is 0.584. The molecule has 0 radical (unpaired) electrons. The van der Waals surface area contributed by atoms with Gasteiger partial charge in [-0.2, -0.15) is 0 Å². The van der Waals surface area contributed by atoms with E-state index in [9.17, 15) is 4.79 Å². The number of carbonyl (C=O) groups excluding carboxylic acids is 1. The second kappa shape index (κ2) is 2.25. The third-order valence-corrected chi connectivity index (χ3v) is 2.39. The average Bonchev–Trinajstić information content (AvgIpc) is 2.24. The van der Waals surface area contributed by atoms with Gasteiger partial charge in [0.15, 0.2) is 0 Å². The van der Waals surface area contributed by atoms with Crippen LogP contribution >= 0.6 is 0 Å². The summed E-state index contributed by atoms with van der Waals surface area (Å²) in [5.74, 6) is -0.0349. The molecule has 3 N–H and O–H groups in total. The van der Waals surface area contributed by atoms with Crippen LogP contribution in [0.25, 0.3) is 0 Å². The molecule has 0 atom stereocenters. The number of amides is 1. The highest BCUT2D eigenvalue weighted by Crippen LogP contribution is 2.34. The Labute approximate surface area is 76.9 Å². The van der Waals surface area contributed by atoms with Crippen LogP contribution in [0.3, 0.4) is 0 Å². The van der Waals surface area contributed by atoms with Crippen LogP contribution < -0.4 is 11.1 Å². The van der Waals surface area contributed by atoms with Crippen molar-refractivity contribution in [1.29, 1.82) is 0 Å². The summed E-state index contributed by atoms with van der Waals surface area (Å²) in [7, 11) is 0. The number of fused-ring (bicyclic) bond motifs is 1. The van der Waals surface area contributed by atoms with Crippen molar-refractivity contribution in [2.45, 2.75) is 19.4 Å². The SMILES string of the molecule is CC1(C)NC(=O)c2cccc(N)c21. The molecule has 13 heavy (non-hydrogen) atoms. The minimum Gasteiger partial charge on any atom is -0.398 e. The highest BCUT2D eigenvalue weighted by atomic mass is 16.2. The number of hydrogen-bond acceptors (Lipinski definition) is 2. The average molecular weight is 176 g/mol. The minimum absolute atomic E-state index is 0.0349. The molecule has 1 aromatic rings. The Balaban J connectivity index is 2.73. The molecule has 1 aliphatic heterocycles. The molecule has 0 fully saturated rings. The van der Waals surface area contributed by atoms with E-state index in [1.807, 2.05) is 19.9 Å². The molecule has 1 aliphatic rings. The summed E-state index contributed by atoms with van der Waals surface area (Å²) >= 11 is 0. The zero-order chi connectivity index (χ0) is 9.64. The Bertz CT molecular complexity index is 383. The molecular formula is C10H12N2O. The summed E-state index contributed by atoms with van der Waals surface area (Å²) in [5, 5.41) is 2.88. The Hall–Kier alpha value is -1.51. The maximum atomic E-state index is 11.5. The summed E-state index contributed by atoms with van der Waals surface area (Å²) in [4.78, 5) is 11.5. The van der Waals surface area contributed by atoms with Crippen molar-refractivity contribution in [3.8, 4) is 0 Å². The number of nitrogen functional groups attached to an aromatic ring is 1. The van der Waals surface area contributed by atoms with Gasteiger partial charge in [-0.3, -0.25) is 4.79 Å². The van der Waals surface area contributed by atoms with Crippen molar-refractivity contribution in [2.75, 3.05) is 5.73 Å². The van der Waals surface area contributed by atoms with Gasteiger partial charge in [-0.25, -0.2) is 0 Å². The highest BCUT2D eigenvalue weighted by molar-refractivity contribution is 6.01. The van der Waals surface area contributed by atoms with Gasteiger partial charge in [-0.05, 0) is 26.0 Å². The Morgan fingerprint density at radius 2 is 2.08 bits per heavy atom. The van der Waals surface area contributed by atoms with Crippen LogP contribution in [0.2, 0.25) is 0 Å². The van der Waals surface area contributed by atoms with Crippen LogP contribution in [-0.2, 0) is 5.54 Å². The predicted octanol–water partition coefficient (Wildman–Crippen LogP) is 1.25. The minimum atomic E-state index is -0.336. The molecule has 68 valence electrons. The van der Waals surface area contributed by atoms with E-state index in [2.05, 4.69) is 5.32 Å². The number of nitrogens with one attached hydrogen (secondary N) is 1. The van der Waals surface area contributed by atoms with Gasteiger partial charge in [-0.15, -0.1) is 0 Å². The number of anilines is 1. The number of carbonyl (C=O) groups is 1. The topological polar surface area (TPSA) is 55.1 Å². The Kier molecular flexibility index (Phi) is 1.40. The van der Waals surface area contributed by atoms with E-state index in [4.69, 9.17) is 5.73 Å². The lowest BCUT2D eigenvalue weighted by molar-refractivity contribution is 0.0940. The summed E-state index contributed by atoms with van der Waals surface area (Å²) in [5.41, 5.74) is 7.78. The Morgan fingerprint density at radius 1 is 1.38 bits per heavy atom. The number of rotatable bonds is 0. The molecule has 3 heteroatoms. The third kappa shape index (κ3) is 1.00. The number of hydrogen-bond donors (Lipinski definition) is 2. The highest BCUT2D eigenvalue weighted by Gasteiger charge is 2.36. The maximum absolute atomic E-state index is 11.5. The molecule has 1 amide bonds. The fraction of sp³-hybridized carbons (Fsp3) is 0.300. The van der Waals surface area contributed by atoms with Crippen molar-refractivity contribution in [2.24, 2.45) is 0 Å². The van der Waals surface area contributed by atoms with Crippen LogP contribution in [0.1, 0.15) is 29.8 Å². The lowest BCUT2D eigenvalue weighted by Crippen LogP contribution is -2.33. The largest absolute Gasteiger partial charge is 0.398 e. The first-order valence-electron chi connectivity index (χ1n) is 4.24. The first-order valence-corrected chi connectivity index (χ1v) is 4.24. The van der Waals surface area contributed by atoms with Crippen LogP contribution in [0.5, 0.6) is 0 Å². The van der Waals surface area contributed by atoms with Crippen molar-refractivity contribution in [3.63, 3.8) is 0 Å². The lowest BCUT2D eigenvalue weighted by Gasteiger charge is -2.20. The molecule has 0 saturated carbocycles. The molecule has 0 bridgehead atoms. The molecule has 3 nitrogen and oxygen atoms in total.